The van der Waals surface area contributed by atoms with E-state index in [9.17, 15) is 4.79 Å². The van der Waals surface area contributed by atoms with Gasteiger partial charge >= 0.3 is 5.97 Å². The first kappa shape index (κ1) is 22.1. The molecule has 2 rings (SSSR count). The van der Waals surface area contributed by atoms with Crippen molar-refractivity contribution >= 4 is 47.2 Å². The monoisotopic (exact) mass is 480 g/mol. The lowest BCUT2D eigenvalue weighted by Crippen LogP contribution is -2.45. The van der Waals surface area contributed by atoms with E-state index in [0.29, 0.717) is 19.2 Å². The number of nitrogens with zero attached hydrogens (tertiary/aromatic N) is 2. The van der Waals surface area contributed by atoms with E-state index >= 15 is 0 Å². The molecule has 0 saturated heterocycles. The number of ether oxygens (including phenoxy) is 1. The second-order valence-corrected chi connectivity index (χ2v) is 7.32. The molecule has 1 aromatic heterocycles. The Labute approximate surface area is 171 Å². The maximum Gasteiger partial charge on any atom is 0.308 e. The summed E-state index contributed by atoms with van der Waals surface area (Å²) in [6, 6.07) is 0.353. The van der Waals surface area contributed by atoms with Crippen molar-refractivity contribution in [3.05, 3.63) is 16.1 Å². The summed E-state index contributed by atoms with van der Waals surface area (Å²) < 4.78 is 5.12. The number of carbonyl (C=O) groups is 1. The number of nitrogens with one attached hydrogen (secondary N) is 2. The van der Waals surface area contributed by atoms with Gasteiger partial charge in [-0.2, -0.15) is 0 Å². The predicted octanol–water partition coefficient (Wildman–Crippen LogP) is 3.25. The second kappa shape index (κ2) is 11.7. The van der Waals surface area contributed by atoms with Crippen molar-refractivity contribution < 1.29 is 9.53 Å². The lowest BCUT2D eigenvalue weighted by atomic mass is 9.86. The van der Waals surface area contributed by atoms with E-state index in [1.165, 1.54) is 4.88 Å². The van der Waals surface area contributed by atoms with Crippen molar-refractivity contribution in [2.75, 3.05) is 13.2 Å². The molecule has 0 bridgehead atoms. The zero-order valence-corrected chi connectivity index (χ0v) is 18.4. The maximum atomic E-state index is 11.8. The summed E-state index contributed by atoms with van der Waals surface area (Å²) in [7, 11) is 0. The fourth-order valence-electron chi connectivity index (χ4n) is 2.87. The second-order valence-electron chi connectivity index (χ2n) is 6.00. The van der Waals surface area contributed by atoms with Crippen LogP contribution in [0.15, 0.2) is 11.2 Å². The minimum atomic E-state index is -0.0457. The largest absolute Gasteiger partial charge is 0.466 e. The third-order valence-corrected chi connectivity index (χ3v) is 4.97. The molecule has 142 valence electrons. The lowest BCUT2D eigenvalue weighted by molar-refractivity contribution is -0.149. The summed E-state index contributed by atoms with van der Waals surface area (Å²) in [4.78, 5) is 22.0. The summed E-state index contributed by atoms with van der Waals surface area (Å²) in [5.74, 6) is 0.835. The Morgan fingerprint density at radius 3 is 2.64 bits per heavy atom. The molecule has 0 amide bonds. The number of hydrogen-bond acceptors (Lipinski definition) is 5. The van der Waals surface area contributed by atoms with Gasteiger partial charge in [-0.1, -0.05) is 0 Å². The first-order valence-electron chi connectivity index (χ1n) is 8.75. The van der Waals surface area contributed by atoms with Crippen LogP contribution in [0.3, 0.4) is 0 Å². The van der Waals surface area contributed by atoms with Crippen LogP contribution in [0.1, 0.15) is 49.4 Å². The highest BCUT2D eigenvalue weighted by atomic mass is 127. The van der Waals surface area contributed by atoms with Crippen molar-refractivity contribution in [3.8, 4) is 0 Å². The Hall–Kier alpha value is -0.900. The number of guanidine groups is 1. The van der Waals surface area contributed by atoms with Gasteiger partial charge in [-0.15, -0.1) is 35.3 Å². The Morgan fingerprint density at radius 1 is 1.36 bits per heavy atom. The third kappa shape index (κ3) is 7.47. The molecule has 0 aliphatic heterocycles. The van der Waals surface area contributed by atoms with E-state index in [1.54, 1.807) is 11.3 Å². The molecular weight excluding hydrogens is 451 g/mol. The molecule has 6 nitrogen and oxygen atoms in total. The number of rotatable bonds is 6. The highest BCUT2D eigenvalue weighted by Gasteiger charge is 2.27. The van der Waals surface area contributed by atoms with Gasteiger partial charge in [0.1, 0.15) is 5.01 Å². The Bertz CT molecular complexity index is 557. The van der Waals surface area contributed by atoms with E-state index in [0.717, 1.165) is 43.2 Å². The lowest BCUT2D eigenvalue weighted by Gasteiger charge is -2.29. The molecule has 25 heavy (non-hydrogen) atoms. The average molecular weight is 480 g/mol. The van der Waals surface area contributed by atoms with Gasteiger partial charge in [0.15, 0.2) is 5.96 Å². The Kier molecular flexibility index (Phi) is 10.3. The fraction of sp³-hybridized carbons (Fsp3) is 0.706. The quantitative estimate of drug-likeness (QED) is 0.283. The molecule has 0 spiro atoms. The molecule has 1 saturated carbocycles. The van der Waals surface area contributed by atoms with E-state index in [4.69, 9.17) is 4.74 Å². The molecule has 2 N–H and O–H groups in total. The van der Waals surface area contributed by atoms with Crippen LogP contribution < -0.4 is 10.6 Å². The van der Waals surface area contributed by atoms with E-state index in [-0.39, 0.29) is 35.9 Å². The summed E-state index contributed by atoms with van der Waals surface area (Å²) in [5, 5.41) is 7.80. The number of halogens is 1. The average Bonchev–Trinajstić information content (AvgIpc) is 2.99. The molecule has 0 unspecified atom stereocenters. The van der Waals surface area contributed by atoms with Crippen LogP contribution in [0.25, 0.3) is 0 Å². The Balaban J connectivity index is 0.00000312. The van der Waals surface area contributed by atoms with Crippen LogP contribution in [0.2, 0.25) is 0 Å². The summed E-state index contributed by atoms with van der Waals surface area (Å²) in [6.45, 7) is 7.84. The molecule has 0 radical (unpaired) electrons. The molecule has 8 heteroatoms. The maximum absolute atomic E-state index is 11.8. The fourth-order valence-corrected chi connectivity index (χ4v) is 3.58. The zero-order chi connectivity index (χ0) is 17.4. The first-order chi connectivity index (χ1) is 11.6. The van der Waals surface area contributed by atoms with Crippen LogP contribution in [0, 0.1) is 12.8 Å². The van der Waals surface area contributed by atoms with Crippen LogP contribution in [-0.2, 0) is 16.1 Å². The third-order valence-electron chi connectivity index (χ3n) is 4.07. The number of aromatic nitrogens is 1. The minimum absolute atomic E-state index is 0. The molecule has 1 aromatic rings. The molecular formula is C17H29IN4O2S. The number of thiazole rings is 1. The normalized spacial score (nSPS) is 20.5. The van der Waals surface area contributed by atoms with Crippen molar-refractivity contribution in [1.82, 2.24) is 15.6 Å². The van der Waals surface area contributed by atoms with Crippen molar-refractivity contribution in [2.24, 2.45) is 10.9 Å². The minimum Gasteiger partial charge on any atom is -0.466 e. The van der Waals surface area contributed by atoms with E-state index in [1.807, 2.05) is 13.1 Å². The summed E-state index contributed by atoms with van der Waals surface area (Å²) in [6.07, 6.45) is 5.56. The summed E-state index contributed by atoms with van der Waals surface area (Å²) >= 11 is 1.68. The molecule has 1 aliphatic carbocycles. The van der Waals surface area contributed by atoms with E-state index in [2.05, 4.69) is 34.5 Å². The molecule has 0 aromatic carbocycles. The Morgan fingerprint density at radius 2 is 2.08 bits per heavy atom. The number of carbonyl (C=O) groups excluding carboxylic acids is 1. The van der Waals surface area contributed by atoms with E-state index < -0.39 is 0 Å². The summed E-state index contributed by atoms with van der Waals surface area (Å²) in [5.41, 5.74) is 0. The highest BCUT2D eigenvalue weighted by molar-refractivity contribution is 14.0. The van der Waals surface area contributed by atoms with Crippen LogP contribution in [0.5, 0.6) is 0 Å². The van der Waals surface area contributed by atoms with Gasteiger partial charge in [0.25, 0.3) is 0 Å². The zero-order valence-electron chi connectivity index (χ0n) is 15.2. The molecule has 0 atom stereocenters. The van der Waals surface area contributed by atoms with Crippen LogP contribution in [0.4, 0.5) is 0 Å². The molecule has 1 fully saturated rings. The van der Waals surface area contributed by atoms with Gasteiger partial charge in [0.05, 0.1) is 19.1 Å². The van der Waals surface area contributed by atoms with Crippen LogP contribution in [-0.4, -0.2) is 36.1 Å². The van der Waals surface area contributed by atoms with Crippen molar-refractivity contribution in [2.45, 2.75) is 59.0 Å². The standard InChI is InChI=1S/C17H28N4O2S.HI/c1-4-18-17(20-11-15-19-10-12(3)24-15)21-14-8-6-13(7-9-14)16(22)23-5-2;/h10,13-14H,4-9,11H2,1-3H3,(H2,18,20,21);1H. The van der Waals surface area contributed by atoms with Gasteiger partial charge < -0.3 is 15.4 Å². The SMILES string of the molecule is CCNC(=NCc1ncc(C)s1)NC1CCC(C(=O)OCC)CC1.I. The number of aryl methyl sites for hydroxylation is 1. The van der Waals surface area contributed by atoms with Crippen molar-refractivity contribution in [1.29, 1.82) is 0 Å². The van der Waals surface area contributed by atoms with Gasteiger partial charge in [-0.3, -0.25) is 4.79 Å². The number of aliphatic imine (C=N–C) groups is 1. The van der Waals surface area contributed by atoms with Gasteiger partial charge in [0, 0.05) is 23.7 Å². The number of esters is 1. The molecule has 1 aliphatic rings. The van der Waals surface area contributed by atoms with Gasteiger partial charge in [-0.25, -0.2) is 9.98 Å². The van der Waals surface area contributed by atoms with Crippen LogP contribution >= 0.6 is 35.3 Å². The van der Waals surface area contributed by atoms with Crippen molar-refractivity contribution in [3.63, 3.8) is 0 Å². The first-order valence-corrected chi connectivity index (χ1v) is 9.56. The van der Waals surface area contributed by atoms with Gasteiger partial charge in [-0.05, 0) is 46.5 Å². The van der Waals surface area contributed by atoms with Gasteiger partial charge in [0.2, 0.25) is 0 Å². The predicted molar refractivity (Wildman–Crippen MR) is 113 cm³/mol. The smallest absolute Gasteiger partial charge is 0.308 e. The number of hydrogen-bond donors (Lipinski definition) is 2. The molecule has 1 heterocycles. The highest BCUT2D eigenvalue weighted by Crippen LogP contribution is 2.25. The topological polar surface area (TPSA) is 75.6 Å².